The maximum atomic E-state index is 10.5. The highest BCUT2D eigenvalue weighted by molar-refractivity contribution is 5.53. The molecule has 0 unspecified atom stereocenters. The van der Waals surface area contributed by atoms with Crippen LogP contribution in [0.1, 0.15) is 26.7 Å². The predicted molar refractivity (Wildman–Crippen MR) is 46.3 cm³/mol. The molecule has 0 N–H and O–H groups in total. The van der Waals surface area contributed by atoms with Gasteiger partial charge in [0.2, 0.25) is 0 Å². The van der Waals surface area contributed by atoms with E-state index in [1.54, 1.807) is 0 Å². The largest absolute Gasteiger partial charge is 0.303 e. The van der Waals surface area contributed by atoms with Crippen LogP contribution in [0.3, 0.4) is 0 Å². The number of carbonyl (C=O) groups is 1. The molecule has 0 aromatic rings. The fraction of sp³-hybridized carbons (Fsp3) is 0.700. The second kappa shape index (κ2) is 3.70. The third-order valence-corrected chi connectivity index (χ3v) is 2.53. The van der Waals surface area contributed by atoms with Gasteiger partial charge in [0, 0.05) is 5.92 Å². The highest BCUT2D eigenvalue weighted by Crippen LogP contribution is 2.26. The average molecular weight is 152 g/mol. The summed E-state index contributed by atoms with van der Waals surface area (Å²) < 4.78 is 0. The Labute approximate surface area is 68.5 Å². The Morgan fingerprint density at radius 2 is 2.18 bits per heavy atom. The van der Waals surface area contributed by atoms with E-state index in [0.717, 1.165) is 6.29 Å². The van der Waals surface area contributed by atoms with Gasteiger partial charge in [-0.25, -0.2) is 0 Å². The molecule has 0 spiro atoms. The van der Waals surface area contributed by atoms with E-state index in [4.69, 9.17) is 0 Å². The molecule has 0 amide bonds. The molecule has 62 valence electrons. The standard InChI is InChI=1S/C10H16O/c1-8-3-5-10(6-4-8)9(2)7-11/h3,5,7-10H,4,6H2,1-2H3/t8-,9-,10-/m0/s1. The smallest absolute Gasteiger partial charge is 0.123 e. The van der Waals surface area contributed by atoms with E-state index in [9.17, 15) is 4.79 Å². The second-order valence-electron chi connectivity index (χ2n) is 3.60. The van der Waals surface area contributed by atoms with Crippen LogP contribution in [-0.2, 0) is 4.79 Å². The Morgan fingerprint density at radius 3 is 2.64 bits per heavy atom. The Hall–Kier alpha value is -0.590. The minimum absolute atomic E-state index is 0.207. The first-order chi connectivity index (χ1) is 5.24. The van der Waals surface area contributed by atoms with E-state index in [1.165, 1.54) is 12.8 Å². The summed E-state index contributed by atoms with van der Waals surface area (Å²) in [7, 11) is 0. The summed E-state index contributed by atoms with van der Waals surface area (Å²) in [6, 6.07) is 0. The summed E-state index contributed by atoms with van der Waals surface area (Å²) in [5.74, 6) is 1.42. The number of rotatable bonds is 2. The van der Waals surface area contributed by atoms with Gasteiger partial charge in [0.15, 0.2) is 0 Å². The zero-order valence-corrected chi connectivity index (χ0v) is 7.29. The van der Waals surface area contributed by atoms with E-state index in [2.05, 4.69) is 19.1 Å². The molecule has 0 fully saturated rings. The molecule has 3 atom stereocenters. The lowest BCUT2D eigenvalue weighted by Crippen LogP contribution is -2.15. The number of hydrogen-bond donors (Lipinski definition) is 0. The van der Waals surface area contributed by atoms with Gasteiger partial charge in [-0.3, -0.25) is 0 Å². The summed E-state index contributed by atoms with van der Waals surface area (Å²) in [6.45, 7) is 4.22. The normalized spacial score (nSPS) is 33.3. The number of aldehydes is 1. The van der Waals surface area contributed by atoms with Crippen molar-refractivity contribution in [3.8, 4) is 0 Å². The van der Waals surface area contributed by atoms with Crippen LogP contribution in [0.4, 0.5) is 0 Å². The van der Waals surface area contributed by atoms with Gasteiger partial charge in [-0.15, -0.1) is 0 Å². The number of carbonyl (C=O) groups excluding carboxylic acids is 1. The first-order valence-electron chi connectivity index (χ1n) is 4.37. The maximum absolute atomic E-state index is 10.5. The highest BCUT2D eigenvalue weighted by atomic mass is 16.1. The molecule has 0 bridgehead atoms. The van der Waals surface area contributed by atoms with Gasteiger partial charge in [-0.05, 0) is 24.7 Å². The van der Waals surface area contributed by atoms with Crippen molar-refractivity contribution in [3.05, 3.63) is 12.2 Å². The number of hydrogen-bond acceptors (Lipinski definition) is 1. The van der Waals surface area contributed by atoms with E-state index in [0.29, 0.717) is 11.8 Å². The molecule has 1 nitrogen and oxygen atoms in total. The van der Waals surface area contributed by atoms with Gasteiger partial charge in [-0.1, -0.05) is 26.0 Å². The Morgan fingerprint density at radius 1 is 1.45 bits per heavy atom. The fourth-order valence-electron chi connectivity index (χ4n) is 1.52. The van der Waals surface area contributed by atoms with Gasteiger partial charge in [0.25, 0.3) is 0 Å². The van der Waals surface area contributed by atoms with Crippen LogP contribution in [0.5, 0.6) is 0 Å². The Bertz CT molecular complexity index is 160. The lowest BCUT2D eigenvalue weighted by molar-refractivity contribution is -0.111. The first-order valence-corrected chi connectivity index (χ1v) is 4.37. The second-order valence-corrected chi connectivity index (χ2v) is 3.60. The monoisotopic (exact) mass is 152 g/mol. The fourth-order valence-corrected chi connectivity index (χ4v) is 1.52. The van der Waals surface area contributed by atoms with E-state index in [-0.39, 0.29) is 5.92 Å². The van der Waals surface area contributed by atoms with Gasteiger partial charge in [0.1, 0.15) is 6.29 Å². The SMILES string of the molecule is C[C@H]1C=C[C@H]([C@@H](C)C=O)CC1. The van der Waals surface area contributed by atoms with Crippen molar-refractivity contribution in [1.82, 2.24) is 0 Å². The Balaban J connectivity index is 2.49. The van der Waals surface area contributed by atoms with Gasteiger partial charge in [0.05, 0.1) is 0 Å². The van der Waals surface area contributed by atoms with Crippen LogP contribution < -0.4 is 0 Å². The molecular formula is C10H16O. The lowest BCUT2D eigenvalue weighted by Gasteiger charge is -2.22. The van der Waals surface area contributed by atoms with Crippen molar-refractivity contribution in [2.24, 2.45) is 17.8 Å². The third kappa shape index (κ3) is 2.18. The average Bonchev–Trinajstić information content (AvgIpc) is 2.05. The van der Waals surface area contributed by atoms with Gasteiger partial charge >= 0.3 is 0 Å². The number of allylic oxidation sites excluding steroid dienone is 2. The minimum atomic E-state index is 0.207. The Kier molecular flexibility index (Phi) is 2.86. The van der Waals surface area contributed by atoms with Crippen molar-refractivity contribution in [2.45, 2.75) is 26.7 Å². The van der Waals surface area contributed by atoms with Crippen molar-refractivity contribution >= 4 is 6.29 Å². The summed E-state index contributed by atoms with van der Waals surface area (Å²) in [5.41, 5.74) is 0. The van der Waals surface area contributed by atoms with Crippen LogP contribution in [0.25, 0.3) is 0 Å². The van der Waals surface area contributed by atoms with Crippen molar-refractivity contribution in [1.29, 1.82) is 0 Å². The third-order valence-electron chi connectivity index (χ3n) is 2.53. The van der Waals surface area contributed by atoms with E-state index >= 15 is 0 Å². The molecule has 1 heteroatoms. The molecular weight excluding hydrogens is 136 g/mol. The summed E-state index contributed by atoms with van der Waals surface area (Å²) in [6.07, 6.45) is 7.91. The molecule has 0 aliphatic heterocycles. The van der Waals surface area contributed by atoms with Crippen LogP contribution in [0, 0.1) is 17.8 Å². The zero-order chi connectivity index (χ0) is 8.27. The molecule has 0 saturated carbocycles. The lowest BCUT2D eigenvalue weighted by atomic mass is 9.83. The summed E-state index contributed by atoms with van der Waals surface area (Å²) in [4.78, 5) is 10.5. The molecule has 0 heterocycles. The van der Waals surface area contributed by atoms with Crippen LogP contribution in [0.2, 0.25) is 0 Å². The van der Waals surface area contributed by atoms with Crippen LogP contribution in [-0.4, -0.2) is 6.29 Å². The van der Waals surface area contributed by atoms with Crippen LogP contribution >= 0.6 is 0 Å². The maximum Gasteiger partial charge on any atom is 0.123 e. The molecule has 1 rings (SSSR count). The van der Waals surface area contributed by atoms with Crippen LogP contribution in [0.15, 0.2) is 12.2 Å². The van der Waals surface area contributed by atoms with Crippen molar-refractivity contribution in [3.63, 3.8) is 0 Å². The van der Waals surface area contributed by atoms with Crippen molar-refractivity contribution < 1.29 is 4.79 Å². The van der Waals surface area contributed by atoms with Gasteiger partial charge in [-0.2, -0.15) is 0 Å². The zero-order valence-electron chi connectivity index (χ0n) is 7.29. The molecule has 1 aliphatic rings. The molecule has 0 aromatic carbocycles. The van der Waals surface area contributed by atoms with Gasteiger partial charge < -0.3 is 4.79 Å². The van der Waals surface area contributed by atoms with E-state index in [1.807, 2.05) is 6.92 Å². The molecule has 0 saturated heterocycles. The predicted octanol–water partition coefficient (Wildman–Crippen LogP) is 2.42. The quantitative estimate of drug-likeness (QED) is 0.438. The topological polar surface area (TPSA) is 17.1 Å². The van der Waals surface area contributed by atoms with Crippen molar-refractivity contribution in [2.75, 3.05) is 0 Å². The molecule has 11 heavy (non-hydrogen) atoms. The first kappa shape index (κ1) is 8.51. The molecule has 0 radical (unpaired) electrons. The van der Waals surface area contributed by atoms with E-state index < -0.39 is 0 Å². The summed E-state index contributed by atoms with van der Waals surface area (Å²) in [5, 5.41) is 0. The summed E-state index contributed by atoms with van der Waals surface area (Å²) >= 11 is 0. The molecule has 1 aliphatic carbocycles. The highest BCUT2D eigenvalue weighted by Gasteiger charge is 2.17. The minimum Gasteiger partial charge on any atom is -0.303 e. The molecule has 0 aromatic heterocycles.